The second kappa shape index (κ2) is 11.3. The molecule has 1 amide bonds. The highest BCUT2D eigenvalue weighted by atomic mass is 127. The number of hydrogen-bond donors (Lipinski definition) is 1. The van der Waals surface area contributed by atoms with Crippen molar-refractivity contribution in [2.45, 2.75) is 19.8 Å². The van der Waals surface area contributed by atoms with E-state index in [0.717, 1.165) is 70.4 Å². The number of nitrogens with one attached hydrogen (secondary N) is 1. The van der Waals surface area contributed by atoms with E-state index in [1.165, 1.54) is 5.69 Å². The SMILES string of the molecule is CCNC(=NCC(=O)N1CCCC1)N1CCN(c2ccc(OC)cc2)CC1.I. The summed E-state index contributed by atoms with van der Waals surface area (Å²) in [6, 6.07) is 8.19. The molecule has 8 heteroatoms. The first-order valence-corrected chi connectivity index (χ1v) is 9.91. The fourth-order valence-electron chi connectivity index (χ4n) is 3.60. The van der Waals surface area contributed by atoms with Gasteiger partial charge in [0, 0.05) is 51.5 Å². The molecule has 0 aliphatic carbocycles. The van der Waals surface area contributed by atoms with Gasteiger partial charge in [-0.15, -0.1) is 24.0 Å². The van der Waals surface area contributed by atoms with Crippen LogP contribution in [0.1, 0.15) is 19.8 Å². The number of benzene rings is 1. The Morgan fingerprint density at radius 3 is 2.25 bits per heavy atom. The van der Waals surface area contributed by atoms with Gasteiger partial charge in [0.1, 0.15) is 12.3 Å². The Kier molecular flexibility index (Phi) is 9.14. The number of carbonyl (C=O) groups excluding carboxylic acids is 1. The normalized spacial score (nSPS) is 17.4. The van der Waals surface area contributed by atoms with Gasteiger partial charge in [0.25, 0.3) is 0 Å². The molecule has 2 heterocycles. The van der Waals surface area contributed by atoms with E-state index < -0.39 is 0 Å². The van der Waals surface area contributed by atoms with Crippen LogP contribution in [0, 0.1) is 0 Å². The number of aliphatic imine (C=N–C) groups is 1. The maximum Gasteiger partial charge on any atom is 0.244 e. The summed E-state index contributed by atoms with van der Waals surface area (Å²) < 4.78 is 5.23. The lowest BCUT2D eigenvalue weighted by Gasteiger charge is -2.37. The van der Waals surface area contributed by atoms with Gasteiger partial charge < -0.3 is 24.8 Å². The largest absolute Gasteiger partial charge is 0.497 e. The minimum Gasteiger partial charge on any atom is -0.497 e. The Labute approximate surface area is 185 Å². The topological polar surface area (TPSA) is 60.4 Å². The van der Waals surface area contributed by atoms with Crippen molar-refractivity contribution in [3.8, 4) is 5.75 Å². The Balaban J connectivity index is 0.00000280. The zero-order valence-corrected chi connectivity index (χ0v) is 19.2. The van der Waals surface area contributed by atoms with Gasteiger partial charge in [0.2, 0.25) is 5.91 Å². The summed E-state index contributed by atoms with van der Waals surface area (Å²) in [6.07, 6.45) is 2.23. The monoisotopic (exact) mass is 501 g/mol. The van der Waals surface area contributed by atoms with Crippen LogP contribution in [-0.2, 0) is 4.79 Å². The number of guanidine groups is 1. The van der Waals surface area contributed by atoms with E-state index in [9.17, 15) is 4.79 Å². The maximum atomic E-state index is 12.3. The number of carbonyl (C=O) groups is 1. The number of hydrogen-bond acceptors (Lipinski definition) is 4. The molecule has 2 fully saturated rings. The number of anilines is 1. The molecule has 0 atom stereocenters. The van der Waals surface area contributed by atoms with Crippen LogP contribution in [0.5, 0.6) is 5.75 Å². The highest BCUT2D eigenvalue weighted by Gasteiger charge is 2.21. The predicted octanol–water partition coefficient (Wildman–Crippen LogP) is 2.02. The number of halogens is 1. The molecule has 156 valence electrons. The van der Waals surface area contributed by atoms with Crippen molar-refractivity contribution >= 4 is 41.5 Å². The number of likely N-dealkylation sites (tertiary alicyclic amines) is 1. The molecule has 1 aromatic rings. The number of amides is 1. The van der Waals surface area contributed by atoms with Crippen molar-refractivity contribution in [1.82, 2.24) is 15.1 Å². The lowest BCUT2D eigenvalue weighted by molar-refractivity contribution is -0.128. The molecule has 0 unspecified atom stereocenters. The Morgan fingerprint density at radius 1 is 1.04 bits per heavy atom. The summed E-state index contributed by atoms with van der Waals surface area (Å²) >= 11 is 0. The Bertz CT molecular complexity index is 639. The molecule has 28 heavy (non-hydrogen) atoms. The molecule has 0 bridgehead atoms. The molecule has 2 aliphatic rings. The van der Waals surface area contributed by atoms with Gasteiger partial charge in [0.05, 0.1) is 7.11 Å². The van der Waals surface area contributed by atoms with Crippen LogP contribution < -0.4 is 15.0 Å². The van der Waals surface area contributed by atoms with Gasteiger partial charge in [-0.25, -0.2) is 4.99 Å². The molecule has 1 N–H and O–H groups in total. The fourth-order valence-corrected chi connectivity index (χ4v) is 3.60. The molecule has 0 spiro atoms. The van der Waals surface area contributed by atoms with E-state index in [1.807, 2.05) is 17.0 Å². The maximum absolute atomic E-state index is 12.3. The smallest absolute Gasteiger partial charge is 0.244 e. The third-order valence-corrected chi connectivity index (χ3v) is 5.17. The minimum atomic E-state index is 0. The van der Waals surface area contributed by atoms with Gasteiger partial charge in [-0.2, -0.15) is 0 Å². The minimum absolute atomic E-state index is 0. The zero-order valence-electron chi connectivity index (χ0n) is 16.9. The van der Waals surface area contributed by atoms with Crippen molar-refractivity contribution in [2.75, 3.05) is 64.4 Å². The van der Waals surface area contributed by atoms with Crippen LogP contribution in [-0.4, -0.2) is 81.1 Å². The molecule has 2 saturated heterocycles. The van der Waals surface area contributed by atoms with Crippen molar-refractivity contribution in [3.63, 3.8) is 0 Å². The molecular weight excluding hydrogens is 469 g/mol. The second-order valence-electron chi connectivity index (χ2n) is 6.93. The standard InChI is InChI=1S/C20H31N5O2.HI/c1-3-21-20(22-16-19(26)24-10-4-5-11-24)25-14-12-23(13-15-25)17-6-8-18(27-2)9-7-17;/h6-9H,3-5,10-16H2,1-2H3,(H,21,22);1H. The van der Waals surface area contributed by atoms with E-state index in [0.29, 0.717) is 0 Å². The lowest BCUT2D eigenvalue weighted by Crippen LogP contribution is -2.52. The van der Waals surface area contributed by atoms with E-state index in [4.69, 9.17) is 4.74 Å². The lowest BCUT2D eigenvalue weighted by atomic mass is 10.2. The van der Waals surface area contributed by atoms with Crippen LogP contribution in [0.25, 0.3) is 0 Å². The number of ether oxygens (including phenoxy) is 1. The van der Waals surface area contributed by atoms with E-state index >= 15 is 0 Å². The van der Waals surface area contributed by atoms with E-state index in [1.54, 1.807) is 7.11 Å². The van der Waals surface area contributed by atoms with Crippen molar-refractivity contribution in [1.29, 1.82) is 0 Å². The van der Waals surface area contributed by atoms with Crippen molar-refractivity contribution in [3.05, 3.63) is 24.3 Å². The third kappa shape index (κ3) is 5.89. The molecule has 1 aromatic carbocycles. The number of methoxy groups -OCH3 is 1. The third-order valence-electron chi connectivity index (χ3n) is 5.17. The summed E-state index contributed by atoms with van der Waals surface area (Å²) in [5.41, 5.74) is 1.21. The molecule has 0 aromatic heterocycles. The molecule has 0 radical (unpaired) electrons. The average molecular weight is 501 g/mol. The second-order valence-corrected chi connectivity index (χ2v) is 6.93. The van der Waals surface area contributed by atoms with Crippen LogP contribution in [0.4, 0.5) is 5.69 Å². The number of piperazine rings is 1. The first-order chi connectivity index (χ1) is 13.2. The summed E-state index contributed by atoms with van der Waals surface area (Å²) in [5.74, 6) is 1.86. The molecular formula is C20H32IN5O2. The molecule has 0 saturated carbocycles. The number of rotatable bonds is 5. The molecule has 7 nitrogen and oxygen atoms in total. The van der Waals surface area contributed by atoms with Crippen molar-refractivity contribution in [2.24, 2.45) is 4.99 Å². The van der Waals surface area contributed by atoms with Crippen LogP contribution >= 0.6 is 24.0 Å². The molecule has 2 aliphatic heterocycles. The average Bonchev–Trinajstić information content (AvgIpc) is 3.26. The van der Waals surface area contributed by atoms with E-state index in [2.05, 4.69) is 39.2 Å². The highest BCUT2D eigenvalue weighted by molar-refractivity contribution is 14.0. The summed E-state index contributed by atoms with van der Waals surface area (Å²) in [6.45, 7) is 8.48. The molecule has 3 rings (SSSR count). The van der Waals surface area contributed by atoms with Crippen molar-refractivity contribution < 1.29 is 9.53 Å². The summed E-state index contributed by atoms with van der Waals surface area (Å²) in [5, 5.41) is 3.34. The summed E-state index contributed by atoms with van der Waals surface area (Å²) in [7, 11) is 1.68. The van der Waals surface area contributed by atoms with Gasteiger partial charge in [0.15, 0.2) is 5.96 Å². The van der Waals surface area contributed by atoms with Gasteiger partial charge >= 0.3 is 0 Å². The van der Waals surface area contributed by atoms with Gasteiger partial charge in [-0.3, -0.25) is 4.79 Å². The number of nitrogens with zero attached hydrogens (tertiary/aromatic N) is 4. The van der Waals surface area contributed by atoms with E-state index in [-0.39, 0.29) is 36.4 Å². The first-order valence-electron chi connectivity index (χ1n) is 9.91. The first kappa shape index (κ1) is 22.6. The Morgan fingerprint density at radius 2 is 1.68 bits per heavy atom. The zero-order chi connectivity index (χ0) is 19.1. The van der Waals surface area contributed by atoms with Crippen LogP contribution in [0.2, 0.25) is 0 Å². The summed E-state index contributed by atoms with van der Waals surface area (Å²) in [4.78, 5) is 23.4. The highest BCUT2D eigenvalue weighted by Crippen LogP contribution is 2.20. The fraction of sp³-hybridized carbons (Fsp3) is 0.600. The Hall–Kier alpha value is -1.71. The van der Waals surface area contributed by atoms with Gasteiger partial charge in [-0.05, 0) is 44.0 Å². The van der Waals surface area contributed by atoms with Gasteiger partial charge in [-0.1, -0.05) is 0 Å². The quantitative estimate of drug-likeness (QED) is 0.380. The van der Waals surface area contributed by atoms with Crippen LogP contribution in [0.3, 0.4) is 0 Å². The predicted molar refractivity (Wildman–Crippen MR) is 124 cm³/mol. The van der Waals surface area contributed by atoms with Crippen LogP contribution in [0.15, 0.2) is 29.3 Å².